The molecule has 1 heterocycles. The van der Waals surface area contributed by atoms with Crippen molar-refractivity contribution in [3.05, 3.63) is 35.4 Å². The maximum atomic E-state index is 12.9. The summed E-state index contributed by atoms with van der Waals surface area (Å²) in [4.78, 5) is 40.4. The molecular formula is C18H21N5O7S. The zero-order valence-corrected chi connectivity index (χ0v) is 17.9. The minimum atomic E-state index is -4.61. The summed E-state index contributed by atoms with van der Waals surface area (Å²) in [7, 11) is 0.916. The summed E-state index contributed by atoms with van der Waals surface area (Å²) in [5.41, 5.74) is 5.11. The predicted octanol–water partition coefficient (Wildman–Crippen LogP) is 0.706. The van der Waals surface area contributed by atoms with Crippen molar-refractivity contribution < 1.29 is 32.3 Å². The molecule has 31 heavy (non-hydrogen) atoms. The number of nitrogen functional groups attached to an aromatic ring is 1. The van der Waals surface area contributed by atoms with Gasteiger partial charge in [-0.15, -0.1) is 0 Å². The Morgan fingerprint density at radius 3 is 2.35 bits per heavy atom. The Morgan fingerprint density at radius 1 is 1.13 bits per heavy atom. The van der Waals surface area contributed by atoms with Crippen molar-refractivity contribution in [3.8, 4) is 11.6 Å². The largest absolute Gasteiger partial charge is 0.496 e. The van der Waals surface area contributed by atoms with Crippen LogP contribution in [-0.2, 0) is 10.0 Å². The van der Waals surface area contributed by atoms with Crippen molar-refractivity contribution in [1.82, 2.24) is 14.6 Å². The van der Waals surface area contributed by atoms with E-state index in [9.17, 15) is 22.8 Å². The summed E-state index contributed by atoms with van der Waals surface area (Å²) in [6.07, 6.45) is 0.367. The minimum Gasteiger partial charge on any atom is -0.496 e. The molecule has 2 rings (SSSR count). The molecule has 3 amide bonds. The highest BCUT2D eigenvalue weighted by atomic mass is 32.2. The van der Waals surface area contributed by atoms with E-state index in [1.54, 1.807) is 4.72 Å². The smallest absolute Gasteiger partial charge is 0.334 e. The number of aromatic nitrogens is 1. The summed E-state index contributed by atoms with van der Waals surface area (Å²) < 4.78 is 37.5. The van der Waals surface area contributed by atoms with Gasteiger partial charge in [0, 0.05) is 37.5 Å². The molecule has 0 bridgehead atoms. The van der Waals surface area contributed by atoms with Gasteiger partial charge in [-0.3, -0.25) is 14.9 Å². The van der Waals surface area contributed by atoms with E-state index in [1.165, 1.54) is 40.4 Å². The molecule has 0 saturated heterocycles. The third kappa shape index (κ3) is 5.39. The van der Waals surface area contributed by atoms with Gasteiger partial charge in [-0.1, -0.05) is 0 Å². The van der Waals surface area contributed by atoms with Gasteiger partial charge in [0.05, 0.1) is 19.8 Å². The summed E-state index contributed by atoms with van der Waals surface area (Å²) in [5.74, 6) is -0.372. The van der Waals surface area contributed by atoms with Crippen molar-refractivity contribution in [1.29, 1.82) is 0 Å². The van der Waals surface area contributed by atoms with Crippen LogP contribution in [0.25, 0.3) is 0 Å². The van der Waals surface area contributed by atoms with Crippen LogP contribution in [0.5, 0.6) is 11.6 Å². The van der Waals surface area contributed by atoms with E-state index in [4.69, 9.17) is 15.2 Å². The molecular weight excluding hydrogens is 430 g/mol. The Labute approximate surface area is 178 Å². The molecule has 1 aromatic heterocycles. The molecule has 12 nitrogen and oxygen atoms in total. The number of carbonyl (C=O) groups is 3. The maximum absolute atomic E-state index is 12.9. The fourth-order valence-corrected chi connectivity index (χ4v) is 3.65. The lowest BCUT2D eigenvalue weighted by Gasteiger charge is -2.17. The Bertz CT molecular complexity index is 1110. The number of nitrogens with one attached hydrogen (secondary N) is 2. The number of nitrogens with two attached hydrogens (primary N) is 1. The molecule has 166 valence electrons. The van der Waals surface area contributed by atoms with Crippen LogP contribution in [-0.4, -0.2) is 64.8 Å². The lowest BCUT2D eigenvalue weighted by molar-refractivity contribution is 0.0824. The number of rotatable bonds is 7. The number of anilines is 2. The summed E-state index contributed by atoms with van der Waals surface area (Å²) >= 11 is 0. The molecule has 0 aliphatic rings. The number of sulfonamides is 1. The number of pyridine rings is 1. The van der Waals surface area contributed by atoms with Gasteiger partial charge in [-0.05, 0) is 12.1 Å². The number of hydrogen-bond acceptors (Lipinski definition) is 9. The topological polar surface area (TPSA) is 170 Å². The van der Waals surface area contributed by atoms with E-state index in [2.05, 4.69) is 10.3 Å². The zero-order chi connectivity index (χ0) is 23.3. The molecule has 2 aromatic rings. The molecule has 13 heteroatoms. The van der Waals surface area contributed by atoms with Gasteiger partial charge in [-0.25, -0.2) is 17.9 Å². The second-order valence-corrected chi connectivity index (χ2v) is 7.95. The van der Waals surface area contributed by atoms with Gasteiger partial charge < -0.3 is 20.1 Å². The van der Waals surface area contributed by atoms with E-state index >= 15 is 0 Å². The molecule has 0 unspecified atom stereocenters. The number of carbonyl (C=O) groups excluding carboxylic acids is 3. The summed E-state index contributed by atoms with van der Waals surface area (Å²) in [5, 5.41) is 2.24. The van der Waals surface area contributed by atoms with Gasteiger partial charge in [0.2, 0.25) is 5.88 Å². The fraction of sp³-hybridized carbons (Fsp3) is 0.222. The number of ether oxygens (including phenoxy) is 2. The van der Waals surface area contributed by atoms with Crippen LogP contribution in [0.4, 0.5) is 16.3 Å². The lowest BCUT2D eigenvalue weighted by atomic mass is 10.1. The van der Waals surface area contributed by atoms with Crippen molar-refractivity contribution in [2.75, 3.05) is 39.4 Å². The first-order valence-corrected chi connectivity index (χ1v) is 10.0. The average Bonchev–Trinajstić information content (AvgIpc) is 2.71. The number of nitrogens with zero attached hydrogens (tertiary/aromatic N) is 2. The number of urea groups is 1. The van der Waals surface area contributed by atoms with Crippen LogP contribution >= 0.6 is 0 Å². The number of aldehydes is 1. The molecule has 0 aliphatic heterocycles. The van der Waals surface area contributed by atoms with Gasteiger partial charge in [0.15, 0.2) is 0 Å². The molecule has 0 saturated carbocycles. The minimum absolute atomic E-state index is 0.0605. The predicted molar refractivity (Wildman–Crippen MR) is 111 cm³/mol. The SMILES string of the molecule is COc1cc(NC(=O)NS(=O)(=O)c2cc(C=O)cc(N)c2C(=O)N(C)C)nc(OC)c1. The third-order valence-electron chi connectivity index (χ3n) is 3.89. The summed E-state index contributed by atoms with van der Waals surface area (Å²) in [6.45, 7) is 0. The number of benzene rings is 1. The van der Waals surface area contributed by atoms with Gasteiger partial charge >= 0.3 is 6.03 Å². The average molecular weight is 451 g/mol. The Balaban J connectivity index is 2.42. The molecule has 0 atom stereocenters. The van der Waals surface area contributed by atoms with E-state index in [-0.39, 0.29) is 28.5 Å². The van der Waals surface area contributed by atoms with E-state index in [0.717, 1.165) is 17.0 Å². The highest BCUT2D eigenvalue weighted by Gasteiger charge is 2.28. The van der Waals surface area contributed by atoms with E-state index in [1.807, 2.05) is 0 Å². The zero-order valence-electron chi connectivity index (χ0n) is 17.1. The fourth-order valence-electron chi connectivity index (χ4n) is 2.48. The van der Waals surface area contributed by atoms with Crippen molar-refractivity contribution in [2.45, 2.75) is 4.90 Å². The molecule has 0 fully saturated rings. The first-order chi connectivity index (χ1) is 14.5. The quantitative estimate of drug-likeness (QED) is 0.405. The Kier molecular flexibility index (Phi) is 7.02. The third-order valence-corrected chi connectivity index (χ3v) is 5.24. The van der Waals surface area contributed by atoms with Crippen LogP contribution in [0, 0.1) is 0 Å². The first kappa shape index (κ1) is 23.4. The molecule has 4 N–H and O–H groups in total. The van der Waals surface area contributed by atoms with Crippen LogP contribution in [0.1, 0.15) is 20.7 Å². The summed E-state index contributed by atoms with van der Waals surface area (Å²) in [6, 6.07) is 3.71. The Morgan fingerprint density at radius 2 is 1.81 bits per heavy atom. The second-order valence-electron chi connectivity index (χ2n) is 6.29. The molecule has 0 aliphatic carbocycles. The van der Waals surface area contributed by atoms with Crippen LogP contribution < -0.4 is 25.2 Å². The number of methoxy groups -OCH3 is 2. The van der Waals surface area contributed by atoms with Crippen LogP contribution in [0.3, 0.4) is 0 Å². The highest BCUT2D eigenvalue weighted by Crippen LogP contribution is 2.26. The van der Waals surface area contributed by atoms with Crippen LogP contribution in [0.15, 0.2) is 29.2 Å². The molecule has 1 aromatic carbocycles. The first-order valence-electron chi connectivity index (χ1n) is 8.56. The van der Waals surface area contributed by atoms with Gasteiger partial charge in [-0.2, -0.15) is 4.98 Å². The normalized spacial score (nSPS) is 10.7. The number of amides is 3. The van der Waals surface area contributed by atoms with Crippen LogP contribution in [0.2, 0.25) is 0 Å². The Hall–Kier alpha value is -3.87. The highest BCUT2D eigenvalue weighted by molar-refractivity contribution is 7.90. The standard InChI is InChI=1S/C18H21N5O7S/c1-23(2)17(25)16-12(19)5-10(9-24)6-13(16)31(27,28)22-18(26)21-14-7-11(29-3)8-15(20-14)30-4/h5-9H,19H2,1-4H3,(H2,20,21,22,26). The molecule has 0 radical (unpaired) electrons. The maximum Gasteiger partial charge on any atom is 0.334 e. The lowest BCUT2D eigenvalue weighted by Crippen LogP contribution is -2.36. The monoisotopic (exact) mass is 451 g/mol. The van der Waals surface area contributed by atoms with Gasteiger partial charge in [0.1, 0.15) is 22.7 Å². The second kappa shape index (κ2) is 9.30. The van der Waals surface area contributed by atoms with E-state index in [0.29, 0.717) is 12.0 Å². The van der Waals surface area contributed by atoms with Gasteiger partial charge in [0.25, 0.3) is 15.9 Å². The van der Waals surface area contributed by atoms with Crippen molar-refractivity contribution >= 4 is 39.8 Å². The van der Waals surface area contributed by atoms with E-state index < -0.39 is 26.9 Å². The van der Waals surface area contributed by atoms with Crippen molar-refractivity contribution in [2.24, 2.45) is 0 Å². The van der Waals surface area contributed by atoms with Crippen molar-refractivity contribution in [3.63, 3.8) is 0 Å². The number of hydrogen-bond donors (Lipinski definition) is 3. The molecule has 0 spiro atoms.